The topological polar surface area (TPSA) is 101 Å². The normalized spacial score (nSPS) is 16.7. The summed E-state index contributed by atoms with van der Waals surface area (Å²) in [6.45, 7) is 3.46. The molecule has 1 aromatic carbocycles. The number of hydrogen-bond acceptors (Lipinski definition) is 7. The number of H-pyrrole nitrogens is 1. The Labute approximate surface area is 176 Å². The molecule has 0 bridgehead atoms. The molecule has 3 heterocycles. The van der Waals surface area contributed by atoms with Gasteiger partial charge in [0, 0.05) is 38.4 Å². The number of fused-ring (bicyclic) bond motifs is 1. The maximum Gasteiger partial charge on any atom is 0.258 e. The van der Waals surface area contributed by atoms with Crippen LogP contribution in [0.2, 0.25) is 5.02 Å². The number of hydrogen-bond donors (Lipinski definition) is 3. The zero-order chi connectivity index (χ0) is 20.9. The fraction of sp³-hybridized carbons (Fsp3) is 0.350. The summed E-state index contributed by atoms with van der Waals surface area (Å²) in [6, 6.07) is 5.67. The van der Waals surface area contributed by atoms with Crippen LogP contribution in [0.3, 0.4) is 0 Å². The number of nitrogens with one attached hydrogen (secondary N) is 3. The average Bonchev–Trinajstić information content (AvgIpc) is 2.76. The highest BCUT2D eigenvalue weighted by atomic mass is 35.5. The molecular formula is C20H21ClFN5O3. The molecule has 0 radical (unpaired) electrons. The Bertz CT molecular complexity index is 1090. The van der Waals surface area contributed by atoms with Gasteiger partial charge in [-0.05, 0) is 18.2 Å². The van der Waals surface area contributed by atoms with E-state index in [1.165, 1.54) is 18.2 Å². The van der Waals surface area contributed by atoms with Crippen molar-refractivity contribution in [3.05, 3.63) is 63.2 Å². The molecular weight excluding hydrogens is 413 g/mol. The summed E-state index contributed by atoms with van der Waals surface area (Å²) in [4.78, 5) is 24.1. The predicted octanol–water partition coefficient (Wildman–Crippen LogP) is 1.77. The quantitative estimate of drug-likeness (QED) is 0.522. The van der Waals surface area contributed by atoms with Gasteiger partial charge in [0.2, 0.25) is 0 Å². The van der Waals surface area contributed by atoms with Crippen LogP contribution in [0.1, 0.15) is 11.5 Å². The molecule has 0 spiro atoms. The van der Waals surface area contributed by atoms with Crippen molar-refractivity contribution in [1.82, 2.24) is 25.6 Å². The Kier molecular flexibility index (Phi) is 6.53. The summed E-state index contributed by atoms with van der Waals surface area (Å²) in [5.74, 6) is 0.180. The van der Waals surface area contributed by atoms with Gasteiger partial charge in [0.05, 0.1) is 28.8 Å². The SMILES string of the molecule is O=c1[nH]c(COc2ccc(F)c(Cl)c2)nc2c(CNCC3CNCCO3)nccc12. The summed E-state index contributed by atoms with van der Waals surface area (Å²) < 4.78 is 24.5. The molecule has 10 heteroatoms. The van der Waals surface area contributed by atoms with Crippen molar-refractivity contribution in [2.75, 3.05) is 26.2 Å². The lowest BCUT2D eigenvalue weighted by Gasteiger charge is -2.23. The second-order valence-corrected chi connectivity index (χ2v) is 7.27. The maximum atomic E-state index is 13.3. The van der Waals surface area contributed by atoms with Gasteiger partial charge < -0.3 is 25.1 Å². The van der Waals surface area contributed by atoms with Gasteiger partial charge >= 0.3 is 0 Å². The van der Waals surface area contributed by atoms with Crippen LogP contribution in [0.5, 0.6) is 5.75 Å². The number of morpholine rings is 1. The van der Waals surface area contributed by atoms with E-state index in [1.807, 2.05) is 0 Å². The molecule has 1 aliphatic rings. The first-order chi connectivity index (χ1) is 14.6. The van der Waals surface area contributed by atoms with Crippen LogP contribution in [0.15, 0.2) is 35.3 Å². The van der Waals surface area contributed by atoms with Crippen LogP contribution < -0.4 is 20.9 Å². The van der Waals surface area contributed by atoms with E-state index in [0.29, 0.717) is 47.9 Å². The maximum absolute atomic E-state index is 13.3. The number of ether oxygens (including phenoxy) is 2. The molecule has 3 aromatic rings. The van der Waals surface area contributed by atoms with Crippen molar-refractivity contribution in [1.29, 1.82) is 0 Å². The number of aromatic nitrogens is 3. The minimum absolute atomic E-state index is 0.00348. The molecule has 0 aliphatic carbocycles. The highest BCUT2D eigenvalue weighted by Crippen LogP contribution is 2.21. The third-order valence-electron chi connectivity index (χ3n) is 4.68. The van der Waals surface area contributed by atoms with Crippen molar-refractivity contribution in [2.45, 2.75) is 19.3 Å². The molecule has 158 valence electrons. The van der Waals surface area contributed by atoms with Crippen molar-refractivity contribution in [2.24, 2.45) is 0 Å². The molecule has 3 N–H and O–H groups in total. The predicted molar refractivity (Wildman–Crippen MR) is 110 cm³/mol. The van der Waals surface area contributed by atoms with Gasteiger partial charge in [-0.25, -0.2) is 9.37 Å². The molecule has 8 nitrogen and oxygen atoms in total. The summed E-state index contributed by atoms with van der Waals surface area (Å²) in [7, 11) is 0. The lowest BCUT2D eigenvalue weighted by Crippen LogP contribution is -2.43. The first-order valence-electron chi connectivity index (χ1n) is 9.58. The number of halogens is 2. The van der Waals surface area contributed by atoms with E-state index < -0.39 is 5.82 Å². The molecule has 30 heavy (non-hydrogen) atoms. The Hall–Kier alpha value is -2.59. The average molecular weight is 434 g/mol. The molecule has 1 unspecified atom stereocenters. The molecule has 2 aromatic heterocycles. The van der Waals surface area contributed by atoms with Gasteiger partial charge in [-0.3, -0.25) is 9.78 Å². The van der Waals surface area contributed by atoms with Crippen LogP contribution in [-0.4, -0.2) is 47.3 Å². The van der Waals surface area contributed by atoms with Crippen LogP contribution in [0.25, 0.3) is 10.9 Å². The zero-order valence-electron chi connectivity index (χ0n) is 16.1. The first-order valence-corrected chi connectivity index (χ1v) is 9.95. The first kappa shape index (κ1) is 20.7. The highest BCUT2D eigenvalue weighted by Gasteiger charge is 2.14. The minimum atomic E-state index is -0.529. The smallest absolute Gasteiger partial charge is 0.258 e. The van der Waals surface area contributed by atoms with E-state index in [9.17, 15) is 9.18 Å². The molecule has 4 rings (SSSR count). The minimum Gasteiger partial charge on any atom is -0.486 e. The third kappa shape index (κ3) is 4.93. The van der Waals surface area contributed by atoms with Gasteiger partial charge in [-0.15, -0.1) is 0 Å². The van der Waals surface area contributed by atoms with E-state index in [1.54, 1.807) is 12.3 Å². The van der Waals surface area contributed by atoms with E-state index in [-0.39, 0.29) is 23.3 Å². The highest BCUT2D eigenvalue weighted by molar-refractivity contribution is 6.30. The van der Waals surface area contributed by atoms with Crippen molar-refractivity contribution >= 4 is 22.5 Å². The number of aromatic amines is 1. The second-order valence-electron chi connectivity index (χ2n) is 6.86. The fourth-order valence-corrected chi connectivity index (χ4v) is 3.36. The van der Waals surface area contributed by atoms with Crippen LogP contribution in [0.4, 0.5) is 4.39 Å². The lowest BCUT2D eigenvalue weighted by atomic mass is 10.2. The number of benzene rings is 1. The Morgan fingerprint density at radius 1 is 1.37 bits per heavy atom. The largest absolute Gasteiger partial charge is 0.486 e. The summed E-state index contributed by atoms with van der Waals surface area (Å²) >= 11 is 5.77. The Morgan fingerprint density at radius 2 is 2.27 bits per heavy atom. The lowest BCUT2D eigenvalue weighted by molar-refractivity contribution is 0.0290. The summed E-state index contributed by atoms with van der Waals surface area (Å²) in [6.07, 6.45) is 1.68. The molecule has 1 atom stereocenters. The van der Waals surface area contributed by atoms with Crippen molar-refractivity contribution in [3.8, 4) is 5.75 Å². The Morgan fingerprint density at radius 3 is 3.07 bits per heavy atom. The Balaban J connectivity index is 1.48. The number of pyridine rings is 1. The van der Waals surface area contributed by atoms with Gasteiger partial charge in [0.1, 0.15) is 29.5 Å². The molecule has 0 saturated carbocycles. The van der Waals surface area contributed by atoms with Gasteiger partial charge in [0.15, 0.2) is 0 Å². The third-order valence-corrected chi connectivity index (χ3v) is 4.97. The van der Waals surface area contributed by atoms with E-state index in [4.69, 9.17) is 21.1 Å². The number of rotatable bonds is 7. The van der Waals surface area contributed by atoms with Gasteiger partial charge in [0.25, 0.3) is 5.56 Å². The molecule has 1 fully saturated rings. The van der Waals surface area contributed by atoms with E-state index in [2.05, 4.69) is 25.6 Å². The molecule has 1 saturated heterocycles. The number of nitrogens with zero attached hydrogens (tertiary/aromatic N) is 2. The summed E-state index contributed by atoms with van der Waals surface area (Å²) in [5, 5.41) is 7.00. The monoisotopic (exact) mass is 433 g/mol. The van der Waals surface area contributed by atoms with E-state index >= 15 is 0 Å². The second kappa shape index (κ2) is 9.48. The van der Waals surface area contributed by atoms with E-state index in [0.717, 1.165) is 13.1 Å². The van der Waals surface area contributed by atoms with Crippen LogP contribution in [0, 0.1) is 5.82 Å². The van der Waals surface area contributed by atoms with Crippen LogP contribution in [-0.2, 0) is 17.9 Å². The van der Waals surface area contributed by atoms with Crippen molar-refractivity contribution in [3.63, 3.8) is 0 Å². The molecule has 0 amide bonds. The zero-order valence-corrected chi connectivity index (χ0v) is 16.8. The van der Waals surface area contributed by atoms with Gasteiger partial charge in [-0.1, -0.05) is 11.6 Å². The standard InChI is InChI=1S/C20H21ClFN5O3/c21-15-7-12(1-2-16(15)22)30-11-18-26-19-14(20(28)27-18)3-4-25-17(19)10-24-9-13-8-23-5-6-29-13/h1-4,7,13,23-24H,5-6,8-11H2,(H,26,27,28). The van der Waals surface area contributed by atoms with Crippen LogP contribution >= 0.6 is 11.6 Å². The molecule has 1 aliphatic heterocycles. The van der Waals surface area contributed by atoms with Gasteiger partial charge in [-0.2, -0.15) is 0 Å². The van der Waals surface area contributed by atoms with Crippen molar-refractivity contribution < 1.29 is 13.9 Å². The summed E-state index contributed by atoms with van der Waals surface area (Å²) in [5.41, 5.74) is 0.889. The fourth-order valence-electron chi connectivity index (χ4n) is 3.19.